The number of ether oxygens (including phenoxy) is 1. The van der Waals surface area contributed by atoms with Gasteiger partial charge in [0.1, 0.15) is 18.0 Å². The normalized spacial score (nSPS) is 16.4. The van der Waals surface area contributed by atoms with E-state index >= 15 is 0 Å². The molecular formula is C25H26N4O. The average Bonchev–Trinajstić information content (AvgIpc) is 2.78. The summed E-state index contributed by atoms with van der Waals surface area (Å²) in [4.78, 5) is 14.1. The Balaban J connectivity index is 1.25. The van der Waals surface area contributed by atoms with Crippen molar-refractivity contribution >= 4 is 34.1 Å². The number of anilines is 1. The molecule has 0 N–H and O–H groups in total. The van der Waals surface area contributed by atoms with E-state index in [9.17, 15) is 0 Å². The number of rotatable bonds is 4. The fourth-order valence-corrected chi connectivity index (χ4v) is 4.25. The van der Waals surface area contributed by atoms with Crippen LogP contribution >= 0.6 is 0 Å². The zero-order valence-corrected chi connectivity index (χ0v) is 17.3. The van der Waals surface area contributed by atoms with E-state index in [4.69, 9.17) is 4.74 Å². The van der Waals surface area contributed by atoms with Gasteiger partial charge in [-0.3, -0.25) is 14.9 Å². The van der Waals surface area contributed by atoms with Gasteiger partial charge in [0.2, 0.25) is 0 Å². The minimum atomic E-state index is 0.546. The van der Waals surface area contributed by atoms with E-state index in [1.165, 1.54) is 11.1 Å². The predicted octanol–water partition coefficient (Wildman–Crippen LogP) is 4.47. The van der Waals surface area contributed by atoms with Gasteiger partial charge in [-0.2, -0.15) is 0 Å². The first-order valence-electron chi connectivity index (χ1n) is 10.5. The lowest BCUT2D eigenvalue weighted by Gasteiger charge is -2.37. The standard InChI is InChI=1S/C25H26N4O/c1-18(20-7-9-25-23(16-20)26-10-15-30-25)17-28-11-13-29(14-12-28)24-5-3-4-22-21(24)8-6-19(2)27-22/h3-10,16H,1,11-15,17H2,2H3. The van der Waals surface area contributed by atoms with Crippen LogP contribution in [0.3, 0.4) is 0 Å². The van der Waals surface area contributed by atoms with Crippen molar-refractivity contribution in [1.29, 1.82) is 0 Å². The summed E-state index contributed by atoms with van der Waals surface area (Å²) in [5.41, 5.74) is 6.56. The highest BCUT2D eigenvalue weighted by atomic mass is 16.5. The summed E-state index contributed by atoms with van der Waals surface area (Å²) in [6.45, 7) is 11.8. The van der Waals surface area contributed by atoms with Crippen LogP contribution in [0.15, 0.2) is 60.1 Å². The fourth-order valence-electron chi connectivity index (χ4n) is 4.25. The lowest BCUT2D eigenvalue weighted by atomic mass is 10.0. The van der Waals surface area contributed by atoms with Crippen LogP contribution in [-0.2, 0) is 0 Å². The van der Waals surface area contributed by atoms with Gasteiger partial charge in [-0.1, -0.05) is 18.7 Å². The number of hydrogen-bond donors (Lipinski definition) is 0. The number of aliphatic imine (C=N–C) groups is 1. The van der Waals surface area contributed by atoms with Crippen LogP contribution in [0.1, 0.15) is 11.3 Å². The Hall–Kier alpha value is -3.18. The van der Waals surface area contributed by atoms with E-state index in [-0.39, 0.29) is 0 Å². The minimum Gasteiger partial charge on any atom is -0.486 e. The Bertz CT molecular complexity index is 1130. The maximum atomic E-state index is 5.60. The van der Waals surface area contributed by atoms with E-state index in [1.807, 2.05) is 13.0 Å². The Morgan fingerprint density at radius 1 is 1.07 bits per heavy atom. The fraction of sp³-hybridized carbons (Fsp3) is 0.280. The van der Waals surface area contributed by atoms with E-state index in [1.54, 1.807) is 6.21 Å². The highest BCUT2D eigenvalue weighted by Crippen LogP contribution is 2.33. The van der Waals surface area contributed by atoms with Crippen molar-refractivity contribution in [3.05, 3.63) is 66.4 Å². The third-order valence-corrected chi connectivity index (χ3v) is 5.89. The largest absolute Gasteiger partial charge is 0.486 e. The summed E-state index contributed by atoms with van der Waals surface area (Å²) in [7, 11) is 0. The van der Waals surface area contributed by atoms with Crippen molar-refractivity contribution in [3.63, 3.8) is 0 Å². The zero-order chi connectivity index (χ0) is 20.5. The van der Waals surface area contributed by atoms with E-state index in [0.717, 1.165) is 66.5 Å². The van der Waals surface area contributed by atoms with E-state index in [2.05, 4.69) is 68.8 Å². The summed E-state index contributed by atoms with van der Waals surface area (Å²) >= 11 is 0. The molecule has 0 amide bonds. The Kier molecular flexibility index (Phi) is 4.97. The number of nitrogens with zero attached hydrogens (tertiary/aromatic N) is 4. The molecule has 0 aliphatic carbocycles. The summed E-state index contributed by atoms with van der Waals surface area (Å²) in [5, 5.41) is 1.23. The van der Waals surface area contributed by atoms with Crippen LogP contribution in [0.25, 0.3) is 16.5 Å². The first kappa shape index (κ1) is 18.8. The summed E-state index contributed by atoms with van der Waals surface area (Å²) < 4.78 is 5.60. The number of aromatic nitrogens is 1. The second kappa shape index (κ2) is 7.92. The van der Waals surface area contributed by atoms with Gasteiger partial charge in [0.15, 0.2) is 0 Å². The first-order valence-corrected chi connectivity index (χ1v) is 10.5. The molecule has 1 saturated heterocycles. The van der Waals surface area contributed by atoms with Crippen molar-refractivity contribution in [3.8, 4) is 5.75 Å². The first-order chi connectivity index (χ1) is 14.7. The van der Waals surface area contributed by atoms with Gasteiger partial charge in [-0.25, -0.2) is 0 Å². The second-order valence-electron chi connectivity index (χ2n) is 7.97. The molecule has 30 heavy (non-hydrogen) atoms. The average molecular weight is 399 g/mol. The predicted molar refractivity (Wildman–Crippen MR) is 124 cm³/mol. The molecule has 0 saturated carbocycles. The van der Waals surface area contributed by atoms with Gasteiger partial charge in [0, 0.05) is 55.7 Å². The van der Waals surface area contributed by atoms with Gasteiger partial charge in [0.05, 0.1) is 5.52 Å². The summed E-state index contributed by atoms with van der Waals surface area (Å²) in [6, 6.07) is 16.9. The van der Waals surface area contributed by atoms with Gasteiger partial charge in [-0.05, 0) is 54.5 Å². The molecule has 0 radical (unpaired) electrons. The monoisotopic (exact) mass is 398 g/mol. The lowest BCUT2D eigenvalue weighted by Crippen LogP contribution is -2.46. The molecule has 2 aliphatic rings. The van der Waals surface area contributed by atoms with Gasteiger partial charge >= 0.3 is 0 Å². The molecule has 2 aromatic carbocycles. The molecule has 3 aromatic rings. The van der Waals surface area contributed by atoms with Crippen LogP contribution < -0.4 is 9.64 Å². The molecule has 2 aliphatic heterocycles. The molecule has 5 rings (SSSR count). The third kappa shape index (κ3) is 3.68. The number of benzene rings is 2. The lowest BCUT2D eigenvalue weighted by molar-refractivity contribution is 0.288. The summed E-state index contributed by atoms with van der Waals surface area (Å²) in [6.07, 6.45) is 1.80. The zero-order valence-electron chi connectivity index (χ0n) is 17.3. The quantitative estimate of drug-likeness (QED) is 0.650. The minimum absolute atomic E-state index is 0.546. The number of fused-ring (bicyclic) bond motifs is 2. The second-order valence-corrected chi connectivity index (χ2v) is 7.97. The maximum Gasteiger partial charge on any atom is 0.145 e. The van der Waals surface area contributed by atoms with Crippen molar-refractivity contribution in [2.45, 2.75) is 6.92 Å². The molecule has 5 heteroatoms. The van der Waals surface area contributed by atoms with Crippen LogP contribution in [0.2, 0.25) is 0 Å². The van der Waals surface area contributed by atoms with Crippen LogP contribution in [0.4, 0.5) is 11.4 Å². The molecule has 1 fully saturated rings. The topological polar surface area (TPSA) is 41.0 Å². The molecule has 0 spiro atoms. The van der Waals surface area contributed by atoms with Gasteiger partial charge in [-0.15, -0.1) is 0 Å². The SMILES string of the molecule is C=C(CN1CCN(c2cccc3nc(C)ccc23)CC1)c1ccc2c(c1)N=CCO2. The molecule has 0 unspecified atom stereocenters. The van der Waals surface area contributed by atoms with Gasteiger partial charge < -0.3 is 9.64 Å². The van der Waals surface area contributed by atoms with Gasteiger partial charge in [0.25, 0.3) is 0 Å². The molecule has 0 atom stereocenters. The Morgan fingerprint density at radius 3 is 2.80 bits per heavy atom. The van der Waals surface area contributed by atoms with Crippen molar-refractivity contribution in [1.82, 2.24) is 9.88 Å². The molecule has 1 aromatic heterocycles. The molecule has 5 nitrogen and oxygen atoms in total. The van der Waals surface area contributed by atoms with Crippen molar-refractivity contribution in [2.24, 2.45) is 4.99 Å². The molecular weight excluding hydrogens is 372 g/mol. The molecule has 3 heterocycles. The maximum absolute atomic E-state index is 5.60. The van der Waals surface area contributed by atoms with Crippen LogP contribution in [-0.4, -0.2) is 55.4 Å². The van der Waals surface area contributed by atoms with Crippen molar-refractivity contribution < 1.29 is 4.74 Å². The highest BCUT2D eigenvalue weighted by molar-refractivity contribution is 5.92. The number of hydrogen-bond acceptors (Lipinski definition) is 5. The highest BCUT2D eigenvalue weighted by Gasteiger charge is 2.20. The Labute approximate surface area is 177 Å². The van der Waals surface area contributed by atoms with E-state index < -0.39 is 0 Å². The number of piperazine rings is 1. The molecule has 0 bridgehead atoms. The van der Waals surface area contributed by atoms with Crippen LogP contribution in [0.5, 0.6) is 5.75 Å². The van der Waals surface area contributed by atoms with Crippen LogP contribution in [0, 0.1) is 6.92 Å². The van der Waals surface area contributed by atoms with E-state index in [0.29, 0.717) is 6.61 Å². The number of aryl methyl sites for hydroxylation is 1. The number of pyridine rings is 1. The smallest absolute Gasteiger partial charge is 0.145 e. The Morgan fingerprint density at radius 2 is 1.93 bits per heavy atom. The summed E-state index contributed by atoms with van der Waals surface area (Å²) in [5.74, 6) is 0.849. The van der Waals surface area contributed by atoms with Crippen molar-refractivity contribution in [2.75, 3.05) is 44.2 Å². The molecule has 152 valence electrons. The third-order valence-electron chi connectivity index (χ3n) is 5.89.